The number of hydrogen-bond acceptors (Lipinski definition) is 4. The molecule has 0 saturated carbocycles. The van der Waals surface area contributed by atoms with Crippen LogP contribution in [0.4, 0.5) is 4.39 Å². The Morgan fingerprint density at radius 2 is 2.07 bits per heavy atom. The van der Waals surface area contributed by atoms with Gasteiger partial charge in [0, 0.05) is 31.4 Å². The van der Waals surface area contributed by atoms with Gasteiger partial charge >= 0.3 is 0 Å². The molecular weight excluding hydrogens is 359 g/mol. The van der Waals surface area contributed by atoms with Crippen LogP contribution in [-0.2, 0) is 11.3 Å². The number of aryl methyl sites for hydroxylation is 1. The summed E-state index contributed by atoms with van der Waals surface area (Å²) in [5.74, 6) is -0.320. The fourth-order valence-electron chi connectivity index (χ4n) is 3.70. The number of carbonyl (C=O) groups is 1. The monoisotopic (exact) mass is 380 g/mol. The molecule has 2 heterocycles. The average Bonchev–Trinajstić information content (AvgIpc) is 2.73. The maximum Gasteiger partial charge on any atom is 0.225 e. The molecule has 6 nitrogen and oxygen atoms in total. The molecule has 0 aliphatic carbocycles. The molecule has 1 aliphatic rings. The van der Waals surface area contributed by atoms with E-state index < -0.39 is 0 Å². The summed E-state index contributed by atoms with van der Waals surface area (Å²) in [7, 11) is 0. The Hall–Kier alpha value is -3.06. The van der Waals surface area contributed by atoms with E-state index in [0.29, 0.717) is 37.1 Å². The third kappa shape index (κ3) is 3.66. The number of halogens is 1. The number of amides is 1. The Balaban J connectivity index is 1.53. The molecule has 1 aromatic heterocycles. The van der Waals surface area contributed by atoms with E-state index in [-0.39, 0.29) is 29.6 Å². The van der Waals surface area contributed by atoms with Crippen molar-refractivity contribution in [3.63, 3.8) is 0 Å². The van der Waals surface area contributed by atoms with Gasteiger partial charge in [0.15, 0.2) is 0 Å². The van der Waals surface area contributed by atoms with Crippen LogP contribution in [0.3, 0.4) is 0 Å². The standard InChI is InChI=1S/C21H21FN4O2/c22-16-5-3-4-15(12-16)19-13-23-9-11-25(19)21(28)8-10-26-18-7-2-1-6-17(18)20(27)14-24-26/h1-7,12,14,19,23H,8-11,13H2. The van der Waals surface area contributed by atoms with Crippen LogP contribution in [0.5, 0.6) is 0 Å². The molecule has 1 aliphatic heterocycles. The van der Waals surface area contributed by atoms with Crippen LogP contribution in [0.2, 0.25) is 0 Å². The number of benzene rings is 2. The van der Waals surface area contributed by atoms with Crippen LogP contribution in [0.1, 0.15) is 18.0 Å². The molecule has 2 aromatic carbocycles. The van der Waals surface area contributed by atoms with Crippen molar-refractivity contribution >= 4 is 16.8 Å². The normalized spacial score (nSPS) is 17.0. The Kier molecular flexibility index (Phi) is 5.16. The maximum absolute atomic E-state index is 13.6. The topological polar surface area (TPSA) is 67.2 Å². The molecule has 1 saturated heterocycles. The maximum atomic E-state index is 13.6. The number of hydrogen-bond donors (Lipinski definition) is 1. The third-order valence-corrected chi connectivity index (χ3v) is 5.10. The van der Waals surface area contributed by atoms with E-state index in [9.17, 15) is 14.0 Å². The highest BCUT2D eigenvalue weighted by molar-refractivity contribution is 5.79. The van der Waals surface area contributed by atoms with E-state index in [1.54, 1.807) is 21.7 Å². The number of nitrogens with one attached hydrogen (secondary N) is 1. The third-order valence-electron chi connectivity index (χ3n) is 5.10. The summed E-state index contributed by atoms with van der Waals surface area (Å²) in [6.07, 6.45) is 1.54. The van der Waals surface area contributed by atoms with Crippen LogP contribution in [0, 0.1) is 5.82 Å². The van der Waals surface area contributed by atoms with E-state index in [1.807, 2.05) is 24.3 Å². The van der Waals surface area contributed by atoms with Crippen molar-refractivity contribution in [2.75, 3.05) is 19.6 Å². The van der Waals surface area contributed by atoms with E-state index in [1.165, 1.54) is 18.3 Å². The number of para-hydroxylation sites is 1. The van der Waals surface area contributed by atoms with Gasteiger partial charge in [-0.2, -0.15) is 5.10 Å². The first kappa shape index (κ1) is 18.3. The van der Waals surface area contributed by atoms with Gasteiger partial charge < -0.3 is 10.2 Å². The zero-order chi connectivity index (χ0) is 19.5. The lowest BCUT2D eigenvalue weighted by molar-refractivity contribution is -0.134. The van der Waals surface area contributed by atoms with Gasteiger partial charge in [0.05, 0.1) is 24.3 Å². The van der Waals surface area contributed by atoms with Gasteiger partial charge in [0.1, 0.15) is 5.82 Å². The number of nitrogens with zero attached hydrogens (tertiary/aromatic N) is 3. The van der Waals surface area contributed by atoms with Crippen LogP contribution in [-0.4, -0.2) is 40.2 Å². The zero-order valence-corrected chi connectivity index (χ0v) is 15.3. The molecule has 1 N–H and O–H groups in total. The molecule has 4 rings (SSSR count). The second-order valence-electron chi connectivity index (χ2n) is 6.86. The molecule has 1 amide bonds. The van der Waals surface area contributed by atoms with Crippen LogP contribution in [0.25, 0.3) is 10.9 Å². The number of piperazine rings is 1. The predicted octanol–water partition coefficient (Wildman–Crippen LogP) is 2.10. The fraction of sp³-hybridized carbons (Fsp3) is 0.286. The summed E-state index contributed by atoms with van der Waals surface area (Å²) in [4.78, 5) is 26.7. The van der Waals surface area contributed by atoms with Crippen molar-refractivity contribution < 1.29 is 9.18 Å². The zero-order valence-electron chi connectivity index (χ0n) is 15.3. The first-order valence-corrected chi connectivity index (χ1v) is 9.34. The molecule has 1 unspecified atom stereocenters. The molecule has 0 bridgehead atoms. The number of carbonyl (C=O) groups excluding carboxylic acids is 1. The highest BCUT2D eigenvalue weighted by Crippen LogP contribution is 2.24. The lowest BCUT2D eigenvalue weighted by Gasteiger charge is -2.36. The van der Waals surface area contributed by atoms with Crippen molar-refractivity contribution in [2.24, 2.45) is 0 Å². The second kappa shape index (κ2) is 7.90. The molecule has 1 atom stereocenters. The Morgan fingerprint density at radius 3 is 2.93 bits per heavy atom. The molecular formula is C21H21FN4O2. The molecule has 28 heavy (non-hydrogen) atoms. The largest absolute Gasteiger partial charge is 0.333 e. The van der Waals surface area contributed by atoms with Gasteiger partial charge in [-0.05, 0) is 29.8 Å². The average molecular weight is 380 g/mol. The smallest absolute Gasteiger partial charge is 0.225 e. The lowest BCUT2D eigenvalue weighted by Crippen LogP contribution is -2.48. The Bertz CT molecular complexity index is 1070. The molecule has 3 aromatic rings. The summed E-state index contributed by atoms with van der Waals surface area (Å²) >= 11 is 0. The Morgan fingerprint density at radius 1 is 1.21 bits per heavy atom. The van der Waals surface area contributed by atoms with Crippen molar-refractivity contribution in [3.8, 4) is 0 Å². The fourth-order valence-corrected chi connectivity index (χ4v) is 3.70. The van der Waals surface area contributed by atoms with E-state index >= 15 is 0 Å². The first-order chi connectivity index (χ1) is 13.6. The Labute approximate surface area is 161 Å². The van der Waals surface area contributed by atoms with Gasteiger partial charge in [-0.1, -0.05) is 24.3 Å². The summed E-state index contributed by atoms with van der Waals surface area (Å²) < 4.78 is 15.3. The highest BCUT2D eigenvalue weighted by Gasteiger charge is 2.27. The molecule has 7 heteroatoms. The van der Waals surface area contributed by atoms with Gasteiger partial charge in [0.25, 0.3) is 0 Å². The number of fused-ring (bicyclic) bond motifs is 1. The van der Waals surface area contributed by atoms with Gasteiger partial charge in [-0.25, -0.2) is 4.39 Å². The SMILES string of the molecule is O=C(CCn1ncc(=O)c2ccccc21)N1CCNCC1c1cccc(F)c1. The summed E-state index contributed by atoms with van der Waals surface area (Å²) in [5, 5.41) is 8.04. The highest BCUT2D eigenvalue weighted by atomic mass is 19.1. The summed E-state index contributed by atoms with van der Waals surface area (Å²) in [5.41, 5.74) is 1.36. The minimum absolute atomic E-state index is 0.0136. The van der Waals surface area contributed by atoms with Gasteiger partial charge in [-0.15, -0.1) is 0 Å². The second-order valence-corrected chi connectivity index (χ2v) is 6.86. The van der Waals surface area contributed by atoms with Crippen molar-refractivity contribution in [1.82, 2.24) is 20.0 Å². The molecule has 0 spiro atoms. The van der Waals surface area contributed by atoms with Crippen molar-refractivity contribution in [2.45, 2.75) is 19.0 Å². The quantitative estimate of drug-likeness (QED) is 0.753. The number of rotatable bonds is 4. The van der Waals surface area contributed by atoms with Crippen molar-refractivity contribution in [3.05, 3.63) is 76.3 Å². The van der Waals surface area contributed by atoms with E-state index in [2.05, 4.69) is 10.4 Å². The van der Waals surface area contributed by atoms with Crippen molar-refractivity contribution in [1.29, 1.82) is 0 Å². The van der Waals surface area contributed by atoms with Crippen LogP contribution < -0.4 is 10.7 Å². The first-order valence-electron chi connectivity index (χ1n) is 9.34. The predicted molar refractivity (Wildman–Crippen MR) is 104 cm³/mol. The number of aromatic nitrogens is 2. The molecule has 1 fully saturated rings. The minimum Gasteiger partial charge on any atom is -0.333 e. The minimum atomic E-state index is -0.306. The molecule has 0 radical (unpaired) electrons. The van der Waals surface area contributed by atoms with E-state index in [0.717, 1.165) is 5.56 Å². The lowest BCUT2D eigenvalue weighted by atomic mass is 10.0. The van der Waals surface area contributed by atoms with Crippen LogP contribution >= 0.6 is 0 Å². The molecule has 144 valence electrons. The van der Waals surface area contributed by atoms with Gasteiger partial charge in [-0.3, -0.25) is 14.3 Å². The van der Waals surface area contributed by atoms with Gasteiger partial charge in [0.2, 0.25) is 11.3 Å². The van der Waals surface area contributed by atoms with E-state index in [4.69, 9.17) is 0 Å². The summed E-state index contributed by atoms with van der Waals surface area (Å²) in [6.45, 7) is 2.24. The van der Waals surface area contributed by atoms with Crippen LogP contribution in [0.15, 0.2) is 59.5 Å². The summed E-state index contributed by atoms with van der Waals surface area (Å²) in [6, 6.07) is 13.4.